The Morgan fingerprint density at radius 1 is 1.43 bits per heavy atom. The zero-order valence-corrected chi connectivity index (χ0v) is 13.3. The second-order valence-electron chi connectivity index (χ2n) is 5.17. The van der Waals surface area contributed by atoms with Crippen LogP contribution in [0.4, 0.5) is 0 Å². The van der Waals surface area contributed by atoms with E-state index in [0.717, 1.165) is 5.56 Å². The third kappa shape index (κ3) is 3.09. The fourth-order valence-electron chi connectivity index (χ4n) is 2.34. The molecule has 21 heavy (non-hydrogen) atoms. The molecule has 0 radical (unpaired) electrons. The van der Waals surface area contributed by atoms with Crippen LogP contribution < -0.4 is 10.6 Å². The van der Waals surface area contributed by atoms with Gasteiger partial charge in [-0.05, 0) is 38.6 Å². The Hall–Kier alpha value is -1.44. The van der Waals surface area contributed by atoms with E-state index in [1.807, 2.05) is 20.0 Å². The molecule has 1 heterocycles. The third-order valence-corrected chi connectivity index (χ3v) is 5.81. The number of benzene rings is 1. The summed E-state index contributed by atoms with van der Waals surface area (Å²) >= 11 is 0. The van der Waals surface area contributed by atoms with Crippen LogP contribution in [0.5, 0.6) is 0 Å². The van der Waals surface area contributed by atoms with Crippen molar-refractivity contribution in [3.05, 3.63) is 29.8 Å². The highest BCUT2D eigenvalue weighted by Crippen LogP contribution is 2.22. The standard InChI is InChI=1S/C14H21N3O3S/c1-10(15-3)12-5-4-6-13(9-12)21(19,20)17-8-7-16-14(18)11(17)2/h4-6,9-11,15H,7-8H2,1-3H3,(H,16,18). The van der Waals surface area contributed by atoms with E-state index >= 15 is 0 Å². The monoisotopic (exact) mass is 311 g/mol. The second-order valence-corrected chi connectivity index (χ2v) is 7.06. The zero-order valence-electron chi connectivity index (χ0n) is 12.5. The summed E-state index contributed by atoms with van der Waals surface area (Å²) < 4.78 is 26.7. The van der Waals surface area contributed by atoms with Gasteiger partial charge < -0.3 is 10.6 Å². The summed E-state index contributed by atoms with van der Waals surface area (Å²) in [4.78, 5) is 11.9. The molecule has 0 saturated carbocycles. The molecular formula is C14H21N3O3S. The summed E-state index contributed by atoms with van der Waals surface area (Å²) in [6, 6.07) is 6.21. The van der Waals surface area contributed by atoms with E-state index in [1.54, 1.807) is 25.1 Å². The number of nitrogens with one attached hydrogen (secondary N) is 2. The molecule has 1 amide bonds. The minimum Gasteiger partial charge on any atom is -0.353 e. The minimum atomic E-state index is -3.66. The lowest BCUT2D eigenvalue weighted by Crippen LogP contribution is -2.55. The van der Waals surface area contributed by atoms with Crippen molar-refractivity contribution in [2.45, 2.75) is 30.8 Å². The van der Waals surface area contributed by atoms with Gasteiger partial charge in [0.15, 0.2) is 0 Å². The maximum atomic E-state index is 12.7. The molecule has 6 nitrogen and oxygen atoms in total. The van der Waals surface area contributed by atoms with Gasteiger partial charge in [0.25, 0.3) is 0 Å². The molecule has 2 unspecified atom stereocenters. The largest absolute Gasteiger partial charge is 0.353 e. The summed E-state index contributed by atoms with van der Waals surface area (Å²) in [5.41, 5.74) is 0.896. The Bertz CT molecular complexity index is 630. The number of nitrogens with zero attached hydrogens (tertiary/aromatic N) is 1. The van der Waals surface area contributed by atoms with Gasteiger partial charge >= 0.3 is 0 Å². The van der Waals surface area contributed by atoms with Crippen molar-refractivity contribution in [1.82, 2.24) is 14.9 Å². The predicted octanol–water partition coefficient (Wildman–Crippen LogP) is 0.476. The third-order valence-electron chi connectivity index (χ3n) is 3.84. The fraction of sp³-hybridized carbons (Fsp3) is 0.500. The summed E-state index contributed by atoms with van der Waals surface area (Å²) in [7, 11) is -1.84. The van der Waals surface area contributed by atoms with Crippen molar-refractivity contribution in [2.75, 3.05) is 20.1 Å². The van der Waals surface area contributed by atoms with Crippen LogP contribution in [0.1, 0.15) is 25.5 Å². The van der Waals surface area contributed by atoms with Crippen molar-refractivity contribution in [3.8, 4) is 0 Å². The van der Waals surface area contributed by atoms with Gasteiger partial charge in [-0.2, -0.15) is 4.31 Å². The van der Waals surface area contributed by atoms with Gasteiger partial charge in [-0.3, -0.25) is 4.79 Å². The summed E-state index contributed by atoms with van der Waals surface area (Å²) in [6.45, 7) is 4.20. The first-order valence-corrected chi connectivity index (χ1v) is 8.38. The van der Waals surface area contributed by atoms with Gasteiger partial charge in [-0.1, -0.05) is 12.1 Å². The zero-order chi connectivity index (χ0) is 15.6. The lowest BCUT2D eigenvalue weighted by molar-refractivity contribution is -0.126. The first-order chi connectivity index (χ1) is 9.87. The van der Waals surface area contributed by atoms with Crippen molar-refractivity contribution >= 4 is 15.9 Å². The molecule has 116 valence electrons. The van der Waals surface area contributed by atoms with E-state index in [9.17, 15) is 13.2 Å². The molecule has 1 fully saturated rings. The Labute approximate surface area is 125 Å². The van der Waals surface area contributed by atoms with Crippen molar-refractivity contribution in [3.63, 3.8) is 0 Å². The Morgan fingerprint density at radius 3 is 2.81 bits per heavy atom. The summed E-state index contributed by atoms with van der Waals surface area (Å²) in [5.74, 6) is -0.260. The highest BCUT2D eigenvalue weighted by molar-refractivity contribution is 7.89. The number of piperazine rings is 1. The molecule has 0 aliphatic carbocycles. The fourth-order valence-corrected chi connectivity index (χ4v) is 3.99. The number of amides is 1. The molecule has 0 aromatic heterocycles. The summed E-state index contributed by atoms with van der Waals surface area (Å²) in [6.07, 6.45) is 0. The molecule has 1 aromatic rings. The first-order valence-electron chi connectivity index (χ1n) is 6.94. The average Bonchev–Trinajstić information content (AvgIpc) is 2.49. The SMILES string of the molecule is CNC(C)c1cccc(S(=O)(=O)N2CCNC(=O)C2C)c1. The molecule has 1 aliphatic heterocycles. The minimum absolute atomic E-state index is 0.0576. The van der Waals surface area contributed by atoms with E-state index in [2.05, 4.69) is 10.6 Å². The van der Waals surface area contributed by atoms with Crippen LogP contribution in [-0.2, 0) is 14.8 Å². The van der Waals surface area contributed by atoms with Crippen LogP contribution in [0.15, 0.2) is 29.2 Å². The number of carbonyl (C=O) groups is 1. The van der Waals surface area contributed by atoms with Gasteiger partial charge in [0.2, 0.25) is 15.9 Å². The lowest BCUT2D eigenvalue weighted by atomic mass is 10.1. The molecule has 2 atom stereocenters. The van der Waals surface area contributed by atoms with Crippen LogP contribution in [0, 0.1) is 0 Å². The van der Waals surface area contributed by atoms with Crippen LogP contribution in [0.2, 0.25) is 0 Å². The van der Waals surface area contributed by atoms with E-state index in [-0.39, 0.29) is 16.8 Å². The molecule has 0 spiro atoms. The number of hydrogen-bond acceptors (Lipinski definition) is 4. The normalized spacial score (nSPS) is 21.9. The van der Waals surface area contributed by atoms with E-state index in [1.165, 1.54) is 4.31 Å². The maximum Gasteiger partial charge on any atom is 0.243 e. The van der Waals surface area contributed by atoms with Crippen LogP contribution >= 0.6 is 0 Å². The number of rotatable bonds is 4. The highest BCUT2D eigenvalue weighted by atomic mass is 32.2. The average molecular weight is 311 g/mol. The number of sulfonamides is 1. The van der Waals surface area contributed by atoms with Gasteiger partial charge in [-0.15, -0.1) is 0 Å². The van der Waals surface area contributed by atoms with Crippen molar-refractivity contribution in [1.29, 1.82) is 0 Å². The van der Waals surface area contributed by atoms with Gasteiger partial charge in [0.1, 0.15) is 6.04 Å². The van der Waals surface area contributed by atoms with E-state index < -0.39 is 16.1 Å². The maximum absolute atomic E-state index is 12.7. The molecule has 2 rings (SSSR count). The first kappa shape index (κ1) is 15.9. The summed E-state index contributed by atoms with van der Waals surface area (Å²) in [5, 5.41) is 5.75. The Kier molecular flexibility index (Phi) is 4.65. The van der Waals surface area contributed by atoms with Crippen LogP contribution in [-0.4, -0.2) is 44.8 Å². The van der Waals surface area contributed by atoms with Crippen molar-refractivity contribution in [2.24, 2.45) is 0 Å². The number of carbonyl (C=O) groups excluding carboxylic acids is 1. The van der Waals surface area contributed by atoms with Crippen molar-refractivity contribution < 1.29 is 13.2 Å². The lowest BCUT2D eigenvalue weighted by Gasteiger charge is -2.31. The number of hydrogen-bond donors (Lipinski definition) is 2. The molecule has 2 N–H and O–H groups in total. The van der Waals surface area contributed by atoms with Gasteiger partial charge in [-0.25, -0.2) is 8.42 Å². The van der Waals surface area contributed by atoms with E-state index in [4.69, 9.17) is 0 Å². The molecular weight excluding hydrogens is 290 g/mol. The van der Waals surface area contributed by atoms with Crippen LogP contribution in [0.3, 0.4) is 0 Å². The molecule has 0 bridgehead atoms. The Balaban J connectivity index is 2.37. The highest BCUT2D eigenvalue weighted by Gasteiger charge is 2.35. The van der Waals surface area contributed by atoms with Crippen LogP contribution in [0.25, 0.3) is 0 Å². The molecule has 1 aliphatic rings. The molecule has 7 heteroatoms. The topological polar surface area (TPSA) is 78.5 Å². The molecule has 1 saturated heterocycles. The smallest absolute Gasteiger partial charge is 0.243 e. The van der Waals surface area contributed by atoms with Gasteiger partial charge in [0, 0.05) is 19.1 Å². The molecule has 1 aromatic carbocycles. The Morgan fingerprint density at radius 2 is 2.14 bits per heavy atom. The second kappa shape index (κ2) is 6.13. The quantitative estimate of drug-likeness (QED) is 0.847. The van der Waals surface area contributed by atoms with Gasteiger partial charge in [0.05, 0.1) is 4.90 Å². The predicted molar refractivity (Wildman–Crippen MR) is 80.3 cm³/mol. The van der Waals surface area contributed by atoms with E-state index in [0.29, 0.717) is 13.1 Å².